The summed E-state index contributed by atoms with van der Waals surface area (Å²) in [4.78, 5) is 0. The number of aliphatic hydroxyl groups is 1. The molecule has 2 heteroatoms. The van der Waals surface area contributed by atoms with E-state index in [-0.39, 0.29) is 6.61 Å². The lowest BCUT2D eigenvalue weighted by molar-refractivity contribution is 0.218. The molecule has 102 valence electrons. The van der Waals surface area contributed by atoms with Crippen molar-refractivity contribution < 1.29 is 5.11 Å². The third-order valence-corrected chi connectivity index (χ3v) is 3.62. The van der Waals surface area contributed by atoms with Gasteiger partial charge in [0.1, 0.15) is 0 Å². The first-order valence-electron chi connectivity index (χ1n) is 6.99. The predicted molar refractivity (Wildman–Crippen MR) is 77.8 cm³/mol. The van der Waals surface area contributed by atoms with E-state index in [2.05, 4.69) is 51.2 Å². The van der Waals surface area contributed by atoms with Crippen LogP contribution in [0, 0.1) is 12.8 Å². The molecule has 0 aliphatic heterocycles. The van der Waals surface area contributed by atoms with Crippen LogP contribution in [0.25, 0.3) is 0 Å². The third-order valence-electron chi connectivity index (χ3n) is 3.62. The fraction of sp³-hybridized carbons (Fsp3) is 0.625. The van der Waals surface area contributed by atoms with Crippen LogP contribution < -0.4 is 5.32 Å². The molecule has 1 aromatic rings. The summed E-state index contributed by atoms with van der Waals surface area (Å²) in [6, 6.07) is 6.72. The van der Waals surface area contributed by atoms with E-state index in [9.17, 15) is 0 Å². The molecule has 0 spiro atoms. The molecule has 1 atom stereocenters. The maximum atomic E-state index is 9.15. The van der Waals surface area contributed by atoms with E-state index in [4.69, 9.17) is 5.11 Å². The van der Waals surface area contributed by atoms with Crippen LogP contribution in [0.3, 0.4) is 0 Å². The van der Waals surface area contributed by atoms with Gasteiger partial charge in [0.2, 0.25) is 0 Å². The smallest absolute Gasteiger partial charge is 0.0471 e. The molecule has 0 saturated heterocycles. The molecule has 0 bridgehead atoms. The van der Waals surface area contributed by atoms with Crippen LogP contribution >= 0.6 is 0 Å². The van der Waals surface area contributed by atoms with Crippen molar-refractivity contribution in [3.8, 4) is 0 Å². The van der Waals surface area contributed by atoms with Crippen LogP contribution in [0.5, 0.6) is 0 Å². The topological polar surface area (TPSA) is 32.3 Å². The molecule has 0 saturated carbocycles. The quantitative estimate of drug-likeness (QED) is 0.777. The van der Waals surface area contributed by atoms with E-state index in [0.29, 0.717) is 11.8 Å². The molecule has 0 amide bonds. The van der Waals surface area contributed by atoms with Crippen LogP contribution in [0.4, 0.5) is 0 Å². The molecule has 2 nitrogen and oxygen atoms in total. The first-order chi connectivity index (χ1) is 8.58. The van der Waals surface area contributed by atoms with Crippen molar-refractivity contribution >= 4 is 0 Å². The highest BCUT2D eigenvalue weighted by molar-refractivity contribution is 5.32. The number of benzene rings is 1. The van der Waals surface area contributed by atoms with Gasteiger partial charge in [-0.05, 0) is 41.9 Å². The van der Waals surface area contributed by atoms with E-state index in [1.807, 2.05) is 0 Å². The molecule has 1 aromatic carbocycles. The zero-order valence-electron chi connectivity index (χ0n) is 12.2. The summed E-state index contributed by atoms with van der Waals surface area (Å²) >= 11 is 0. The molecule has 1 rings (SSSR count). The Morgan fingerprint density at radius 1 is 1.28 bits per heavy atom. The zero-order chi connectivity index (χ0) is 13.5. The lowest BCUT2D eigenvalue weighted by Crippen LogP contribution is -2.24. The first kappa shape index (κ1) is 15.2. The van der Waals surface area contributed by atoms with E-state index >= 15 is 0 Å². The van der Waals surface area contributed by atoms with E-state index in [1.165, 1.54) is 16.7 Å². The molecular formula is C16H27NO. The molecule has 0 aliphatic carbocycles. The van der Waals surface area contributed by atoms with Crippen LogP contribution in [0.2, 0.25) is 0 Å². The number of nitrogens with one attached hydrogen (secondary N) is 1. The maximum absolute atomic E-state index is 9.15. The van der Waals surface area contributed by atoms with Gasteiger partial charge in [0.15, 0.2) is 0 Å². The molecule has 0 aromatic heterocycles. The lowest BCUT2D eigenvalue weighted by Gasteiger charge is -2.15. The normalized spacial score (nSPS) is 13.0. The van der Waals surface area contributed by atoms with Crippen LogP contribution in [-0.2, 0) is 6.54 Å². The maximum Gasteiger partial charge on any atom is 0.0471 e. The highest BCUT2D eigenvalue weighted by Gasteiger charge is 2.06. The molecule has 18 heavy (non-hydrogen) atoms. The van der Waals surface area contributed by atoms with Gasteiger partial charge in [0.25, 0.3) is 0 Å². The van der Waals surface area contributed by atoms with E-state index < -0.39 is 0 Å². The fourth-order valence-corrected chi connectivity index (χ4v) is 1.99. The Kier molecular flexibility index (Phi) is 6.37. The first-order valence-corrected chi connectivity index (χ1v) is 6.99. The molecule has 0 heterocycles. The van der Waals surface area contributed by atoms with Crippen LogP contribution in [0.15, 0.2) is 18.2 Å². The Morgan fingerprint density at radius 2 is 2.00 bits per heavy atom. The molecule has 0 fully saturated rings. The van der Waals surface area contributed by atoms with Crippen molar-refractivity contribution in [2.45, 2.75) is 46.6 Å². The minimum Gasteiger partial charge on any atom is -0.396 e. The molecule has 0 aliphatic rings. The molecule has 1 unspecified atom stereocenters. The van der Waals surface area contributed by atoms with Crippen molar-refractivity contribution in [2.24, 2.45) is 5.92 Å². The average molecular weight is 249 g/mol. The Balaban J connectivity index is 2.58. The zero-order valence-corrected chi connectivity index (χ0v) is 12.2. The monoisotopic (exact) mass is 249 g/mol. The standard InChI is InChI=1S/C16H27NO/c1-5-14(11-18)9-17-10-16-8-15(12(2)3)7-6-13(16)4/h6-8,12,14,17-18H,5,9-11H2,1-4H3. The van der Waals surface area contributed by atoms with Gasteiger partial charge < -0.3 is 10.4 Å². The fourth-order valence-electron chi connectivity index (χ4n) is 1.99. The SMILES string of the molecule is CCC(CO)CNCc1cc(C(C)C)ccc1C. The number of rotatable bonds is 7. The van der Waals surface area contributed by atoms with Crippen molar-refractivity contribution in [3.63, 3.8) is 0 Å². The summed E-state index contributed by atoms with van der Waals surface area (Å²) in [5.74, 6) is 0.948. The second-order valence-corrected chi connectivity index (χ2v) is 5.43. The average Bonchev–Trinajstić information content (AvgIpc) is 2.36. The second kappa shape index (κ2) is 7.55. The summed E-state index contributed by atoms with van der Waals surface area (Å²) in [5.41, 5.74) is 4.10. The summed E-state index contributed by atoms with van der Waals surface area (Å²) < 4.78 is 0. The molecule has 2 N–H and O–H groups in total. The van der Waals surface area contributed by atoms with Crippen molar-refractivity contribution in [1.82, 2.24) is 5.32 Å². The van der Waals surface area contributed by atoms with E-state index in [0.717, 1.165) is 19.5 Å². The minimum atomic E-state index is 0.272. The van der Waals surface area contributed by atoms with Crippen LogP contribution in [-0.4, -0.2) is 18.3 Å². The van der Waals surface area contributed by atoms with E-state index in [1.54, 1.807) is 0 Å². The van der Waals surface area contributed by atoms with Gasteiger partial charge in [-0.15, -0.1) is 0 Å². The van der Waals surface area contributed by atoms with Gasteiger partial charge in [-0.2, -0.15) is 0 Å². The number of aryl methyl sites for hydroxylation is 1. The van der Waals surface area contributed by atoms with Crippen molar-refractivity contribution in [2.75, 3.05) is 13.2 Å². The Bertz CT molecular complexity index is 356. The summed E-state index contributed by atoms with van der Waals surface area (Å²) in [6.45, 7) is 10.8. The highest BCUT2D eigenvalue weighted by atomic mass is 16.3. The Hall–Kier alpha value is -0.860. The number of aliphatic hydroxyl groups excluding tert-OH is 1. The van der Waals surface area contributed by atoms with Crippen LogP contribution in [0.1, 0.15) is 49.8 Å². The number of hydrogen-bond acceptors (Lipinski definition) is 2. The Morgan fingerprint density at radius 3 is 2.56 bits per heavy atom. The third kappa shape index (κ3) is 4.43. The summed E-state index contributed by atoms with van der Waals surface area (Å²) in [5, 5.41) is 12.6. The lowest BCUT2D eigenvalue weighted by atomic mass is 9.97. The minimum absolute atomic E-state index is 0.272. The van der Waals surface area contributed by atoms with Crippen molar-refractivity contribution in [1.29, 1.82) is 0 Å². The van der Waals surface area contributed by atoms with Gasteiger partial charge in [-0.1, -0.05) is 39.0 Å². The van der Waals surface area contributed by atoms with Gasteiger partial charge >= 0.3 is 0 Å². The largest absolute Gasteiger partial charge is 0.396 e. The molecular weight excluding hydrogens is 222 g/mol. The van der Waals surface area contributed by atoms with Crippen molar-refractivity contribution in [3.05, 3.63) is 34.9 Å². The predicted octanol–water partition coefficient (Wildman–Crippen LogP) is 3.23. The summed E-state index contributed by atoms with van der Waals surface area (Å²) in [6.07, 6.45) is 1.02. The van der Waals surface area contributed by atoms with Gasteiger partial charge in [0.05, 0.1) is 0 Å². The Labute approximate surface area is 111 Å². The van der Waals surface area contributed by atoms with Gasteiger partial charge in [-0.25, -0.2) is 0 Å². The number of hydrogen-bond donors (Lipinski definition) is 2. The highest BCUT2D eigenvalue weighted by Crippen LogP contribution is 2.18. The molecule has 0 radical (unpaired) electrons. The summed E-state index contributed by atoms with van der Waals surface area (Å²) in [7, 11) is 0. The van der Waals surface area contributed by atoms with Gasteiger partial charge in [-0.3, -0.25) is 0 Å². The van der Waals surface area contributed by atoms with Gasteiger partial charge in [0, 0.05) is 19.7 Å². The second-order valence-electron chi connectivity index (χ2n) is 5.43.